The summed E-state index contributed by atoms with van der Waals surface area (Å²) in [6.45, 7) is 0. The Balaban J connectivity index is 1.12. The van der Waals surface area contributed by atoms with Gasteiger partial charge in [0.2, 0.25) is 0 Å². The van der Waals surface area contributed by atoms with Crippen molar-refractivity contribution in [3.63, 3.8) is 0 Å². The molecule has 6 heteroatoms. The summed E-state index contributed by atoms with van der Waals surface area (Å²) in [7, 11) is 0. The van der Waals surface area contributed by atoms with Gasteiger partial charge in [-0.15, -0.1) is 11.3 Å². The second kappa shape index (κ2) is 10.9. The molecule has 0 saturated heterocycles. The van der Waals surface area contributed by atoms with Crippen LogP contribution < -0.4 is 0 Å². The van der Waals surface area contributed by atoms with E-state index in [-0.39, 0.29) is 0 Å². The molecular weight excluding hydrogens is 647 g/mol. The van der Waals surface area contributed by atoms with Gasteiger partial charge in [-0.05, 0) is 60.2 Å². The van der Waals surface area contributed by atoms with Crippen molar-refractivity contribution in [2.45, 2.75) is 0 Å². The molecule has 5 nitrogen and oxygen atoms in total. The Labute approximate surface area is 295 Å². The van der Waals surface area contributed by atoms with Crippen LogP contribution in [0.25, 0.3) is 109 Å². The third kappa shape index (κ3) is 4.43. The van der Waals surface area contributed by atoms with Gasteiger partial charge in [-0.1, -0.05) is 97.1 Å². The van der Waals surface area contributed by atoms with E-state index in [4.69, 9.17) is 23.8 Å². The first kappa shape index (κ1) is 28.2. The second-order valence-electron chi connectivity index (χ2n) is 12.8. The third-order valence-corrected chi connectivity index (χ3v) is 10.9. The molecule has 51 heavy (non-hydrogen) atoms. The number of hydrogen-bond acceptors (Lipinski definition) is 6. The minimum Gasteiger partial charge on any atom is -0.456 e. The van der Waals surface area contributed by atoms with Crippen LogP contribution in [0.3, 0.4) is 0 Å². The minimum absolute atomic E-state index is 0.599. The topological polar surface area (TPSA) is 65.0 Å². The molecule has 0 atom stereocenters. The fraction of sp³-hybridized carbons (Fsp3) is 0. The van der Waals surface area contributed by atoms with Crippen molar-refractivity contribution in [3.8, 4) is 45.3 Å². The zero-order valence-electron chi connectivity index (χ0n) is 27.0. The Morgan fingerprint density at radius 2 is 0.980 bits per heavy atom. The largest absolute Gasteiger partial charge is 0.456 e. The molecule has 0 aliphatic heterocycles. The van der Waals surface area contributed by atoms with Crippen molar-refractivity contribution < 1.29 is 8.83 Å². The van der Waals surface area contributed by atoms with Crippen molar-refractivity contribution in [2.75, 3.05) is 0 Å². The highest BCUT2D eigenvalue weighted by molar-refractivity contribution is 7.25. The summed E-state index contributed by atoms with van der Waals surface area (Å²) in [5.74, 6) is 1.85. The van der Waals surface area contributed by atoms with Gasteiger partial charge in [-0.3, -0.25) is 0 Å². The highest BCUT2D eigenvalue weighted by atomic mass is 32.1. The number of rotatable bonds is 4. The molecule has 0 amide bonds. The predicted molar refractivity (Wildman–Crippen MR) is 209 cm³/mol. The fourth-order valence-electron chi connectivity index (χ4n) is 7.37. The van der Waals surface area contributed by atoms with Crippen LogP contribution in [0.1, 0.15) is 0 Å². The number of benzene rings is 7. The molecule has 4 heterocycles. The van der Waals surface area contributed by atoms with Gasteiger partial charge >= 0.3 is 0 Å². The fourth-order valence-corrected chi connectivity index (χ4v) is 8.45. The number of fused-ring (bicyclic) bond motifs is 9. The van der Waals surface area contributed by atoms with Gasteiger partial charge in [0.1, 0.15) is 22.3 Å². The van der Waals surface area contributed by atoms with Crippen LogP contribution in [0.2, 0.25) is 0 Å². The molecule has 0 spiro atoms. The lowest BCUT2D eigenvalue weighted by atomic mass is 9.97. The van der Waals surface area contributed by atoms with E-state index >= 15 is 0 Å². The summed E-state index contributed by atoms with van der Waals surface area (Å²) in [6.07, 6.45) is 0. The second-order valence-corrected chi connectivity index (χ2v) is 13.8. The van der Waals surface area contributed by atoms with E-state index < -0.39 is 0 Å². The average molecular weight is 672 g/mol. The normalized spacial score (nSPS) is 11.9. The van der Waals surface area contributed by atoms with Crippen molar-refractivity contribution >= 4 is 75.4 Å². The first-order valence-electron chi connectivity index (χ1n) is 16.8. The van der Waals surface area contributed by atoms with E-state index in [1.165, 1.54) is 20.2 Å². The summed E-state index contributed by atoms with van der Waals surface area (Å²) in [4.78, 5) is 15.2. The Morgan fingerprint density at radius 3 is 1.84 bits per heavy atom. The summed E-state index contributed by atoms with van der Waals surface area (Å²) in [6, 6.07) is 52.1. The van der Waals surface area contributed by atoms with Gasteiger partial charge in [-0.25, -0.2) is 15.0 Å². The molecule has 7 aromatic carbocycles. The van der Waals surface area contributed by atoms with Crippen LogP contribution in [0.15, 0.2) is 160 Å². The number of furan rings is 2. The Hall–Kier alpha value is -6.63. The van der Waals surface area contributed by atoms with E-state index in [9.17, 15) is 0 Å². The Kier molecular flexibility index (Phi) is 6.05. The summed E-state index contributed by atoms with van der Waals surface area (Å²) in [5.41, 5.74) is 8.17. The molecule has 0 aliphatic rings. The molecular formula is C45H25N3O2S. The van der Waals surface area contributed by atoms with Gasteiger partial charge in [-0.2, -0.15) is 0 Å². The van der Waals surface area contributed by atoms with Gasteiger partial charge in [0, 0.05) is 64.0 Å². The molecule has 0 aliphatic carbocycles. The molecule has 0 N–H and O–H groups in total. The molecule has 11 rings (SSSR count). The lowest BCUT2D eigenvalue weighted by Crippen LogP contribution is -2.00. The van der Waals surface area contributed by atoms with E-state index in [2.05, 4.69) is 78.9 Å². The van der Waals surface area contributed by atoms with Crippen molar-refractivity contribution in [2.24, 2.45) is 0 Å². The summed E-state index contributed by atoms with van der Waals surface area (Å²) in [5, 5.41) is 6.65. The zero-order valence-corrected chi connectivity index (χ0v) is 27.8. The quantitative estimate of drug-likeness (QED) is 0.186. The van der Waals surface area contributed by atoms with Gasteiger partial charge < -0.3 is 8.83 Å². The first-order valence-corrected chi connectivity index (χ1v) is 17.7. The van der Waals surface area contributed by atoms with Crippen molar-refractivity contribution in [3.05, 3.63) is 152 Å². The van der Waals surface area contributed by atoms with Crippen LogP contribution in [0, 0.1) is 0 Å². The minimum atomic E-state index is 0.599. The lowest BCUT2D eigenvalue weighted by Gasteiger charge is -2.09. The van der Waals surface area contributed by atoms with E-state index in [1.54, 1.807) is 11.3 Å². The van der Waals surface area contributed by atoms with Gasteiger partial charge in [0.25, 0.3) is 0 Å². The Bertz CT molecular complexity index is 3160. The van der Waals surface area contributed by atoms with Crippen LogP contribution in [0.5, 0.6) is 0 Å². The third-order valence-electron chi connectivity index (χ3n) is 9.75. The highest BCUT2D eigenvalue weighted by Crippen LogP contribution is 2.43. The lowest BCUT2D eigenvalue weighted by molar-refractivity contribution is 0.668. The van der Waals surface area contributed by atoms with E-state index in [0.717, 1.165) is 71.7 Å². The summed E-state index contributed by atoms with van der Waals surface area (Å²) < 4.78 is 15.4. The van der Waals surface area contributed by atoms with Gasteiger partial charge in [0.15, 0.2) is 17.5 Å². The standard InChI is InChI=1S/C45H25N3O2S/c1-2-10-26(11-3-1)43-46-44(48-45(47-43)28-21-23-40-34(24-28)30-13-5-7-19-39(30)51-40)27-20-22-37-35(25-27)41-31(14-9-18-38(41)49-37)33-16-8-15-32-29-12-4-6-17-36(29)50-42(32)33/h1-25H. The molecule has 11 aromatic rings. The van der Waals surface area contributed by atoms with E-state index in [1.807, 2.05) is 72.8 Å². The SMILES string of the molecule is c1ccc(-c2nc(-c3ccc4sc5ccccc5c4c3)nc(-c3ccc4oc5cccc(-c6cccc7c6oc6ccccc67)c5c4c3)n2)cc1. The maximum Gasteiger partial charge on any atom is 0.164 e. The van der Waals surface area contributed by atoms with Crippen LogP contribution in [-0.2, 0) is 0 Å². The number of hydrogen-bond donors (Lipinski definition) is 0. The number of aromatic nitrogens is 3. The first-order chi connectivity index (χ1) is 25.2. The highest BCUT2D eigenvalue weighted by Gasteiger charge is 2.19. The van der Waals surface area contributed by atoms with E-state index in [0.29, 0.717) is 17.5 Å². The molecule has 0 bridgehead atoms. The Morgan fingerprint density at radius 1 is 0.373 bits per heavy atom. The maximum atomic E-state index is 6.47. The van der Waals surface area contributed by atoms with Crippen molar-refractivity contribution in [1.82, 2.24) is 15.0 Å². The van der Waals surface area contributed by atoms with Crippen LogP contribution in [-0.4, -0.2) is 15.0 Å². The zero-order chi connectivity index (χ0) is 33.5. The molecule has 0 unspecified atom stereocenters. The van der Waals surface area contributed by atoms with Crippen LogP contribution in [0.4, 0.5) is 0 Å². The summed E-state index contributed by atoms with van der Waals surface area (Å²) >= 11 is 1.80. The monoisotopic (exact) mass is 671 g/mol. The smallest absolute Gasteiger partial charge is 0.164 e. The predicted octanol–water partition coefficient (Wildman–Crippen LogP) is 12.7. The molecule has 0 radical (unpaired) electrons. The molecule has 0 fully saturated rings. The molecule has 0 saturated carbocycles. The number of thiophene rings is 1. The average Bonchev–Trinajstić information content (AvgIpc) is 3.89. The maximum absolute atomic E-state index is 6.47. The number of nitrogens with zero attached hydrogens (tertiary/aromatic N) is 3. The van der Waals surface area contributed by atoms with Crippen molar-refractivity contribution in [1.29, 1.82) is 0 Å². The number of para-hydroxylation sites is 2. The van der Waals surface area contributed by atoms with Crippen LogP contribution >= 0.6 is 11.3 Å². The molecule has 4 aromatic heterocycles. The molecule has 238 valence electrons. The van der Waals surface area contributed by atoms with Gasteiger partial charge in [0.05, 0.1) is 0 Å².